The highest BCUT2D eigenvalue weighted by molar-refractivity contribution is 9.10. The molecular formula is C29H31BrF3N3O3. The summed E-state index contributed by atoms with van der Waals surface area (Å²) in [4.78, 5) is 32.1. The van der Waals surface area contributed by atoms with Crippen LogP contribution in [-0.4, -0.2) is 41.6 Å². The van der Waals surface area contributed by atoms with E-state index in [1.54, 1.807) is 0 Å². The van der Waals surface area contributed by atoms with Crippen LogP contribution in [0.25, 0.3) is 10.9 Å². The quantitative estimate of drug-likeness (QED) is 0.291. The van der Waals surface area contributed by atoms with Crippen molar-refractivity contribution in [2.45, 2.75) is 51.6 Å². The number of carboxylic acid groups (broad SMARTS) is 1. The molecule has 6 nitrogen and oxygen atoms in total. The highest BCUT2D eigenvalue weighted by atomic mass is 79.9. The van der Waals surface area contributed by atoms with Crippen molar-refractivity contribution in [1.29, 1.82) is 0 Å². The second-order valence-corrected chi connectivity index (χ2v) is 11.1. The summed E-state index contributed by atoms with van der Waals surface area (Å²) in [5.74, 6) is -1.18. The van der Waals surface area contributed by atoms with Gasteiger partial charge >= 0.3 is 12.1 Å². The van der Waals surface area contributed by atoms with E-state index in [0.29, 0.717) is 27.9 Å². The summed E-state index contributed by atoms with van der Waals surface area (Å²) in [6, 6.07) is 10.6. The minimum atomic E-state index is -4.60. The molecule has 1 saturated heterocycles. The Morgan fingerprint density at radius 2 is 1.97 bits per heavy atom. The second-order valence-electron chi connectivity index (χ2n) is 10.2. The normalized spacial score (nSPS) is 16.8. The first kappa shape index (κ1) is 28.9. The lowest BCUT2D eigenvalue weighted by atomic mass is 9.89. The number of aliphatic carboxylic acids is 1. The minimum absolute atomic E-state index is 0.0337. The Balaban J connectivity index is 1.70. The van der Waals surface area contributed by atoms with E-state index in [1.165, 1.54) is 18.2 Å². The number of nitrogens with one attached hydrogen (secondary N) is 1. The van der Waals surface area contributed by atoms with Gasteiger partial charge in [-0.2, -0.15) is 13.2 Å². The lowest BCUT2D eigenvalue weighted by Gasteiger charge is -2.33. The molecule has 1 amide bonds. The maximum absolute atomic E-state index is 13.8. The smallest absolute Gasteiger partial charge is 0.416 e. The van der Waals surface area contributed by atoms with Crippen LogP contribution in [0.15, 0.2) is 46.9 Å². The molecule has 0 bridgehead atoms. The lowest BCUT2D eigenvalue weighted by Crippen LogP contribution is -2.36. The molecule has 2 atom stereocenters. The molecule has 0 spiro atoms. The molecule has 4 rings (SSSR count). The zero-order valence-corrected chi connectivity index (χ0v) is 23.4. The number of carboxylic acids is 1. The van der Waals surface area contributed by atoms with E-state index in [4.69, 9.17) is 4.98 Å². The average Bonchev–Trinajstić information content (AvgIpc) is 2.87. The molecular weight excluding hydrogens is 575 g/mol. The van der Waals surface area contributed by atoms with Gasteiger partial charge in [0.15, 0.2) is 0 Å². The Morgan fingerprint density at radius 1 is 1.23 bits per heavy atom. The molecule has 0 unspecified atom stereocenters. The number of alkyl halides is 3. The number of hydrogen-bond acceptors (Lipinski definition) is 4. The first-order valence-electron chi connectivity index (χ1n) is 13.0. The average molecular weight is 606 g/mol. The standard InChI is InChI=1S/C29H31BrF3N3O3/c1-17-6-5-13-36(16-17)27-18(2)26(22-14-20(30)10-11-24(22)35-27)28(39)34-15-19(9-12-25(37)38)21-7-3-4-8-23(21)29(31,32)33/h3-4,7-8,10-11,14,17,19H,5-6,9,12-13,15-16H2,1-2H3,(H,34,39)(H,37,38)/t17-,19-/m1/s1. The number of hydrogen-bond donors (Lipinski definition) is 2. The number of pyridine rings is 1. The van der Waals surface area contributed by atoms with Crippen molar-refractivity contribution in [2.75, 3.05) is 24.5 Å². The van der Waals surface area contributed by atoms with Crippen LogP contribution in [0.2, 0.25) is 0 Å². The summed E-state index contributed by atoms with van der Waals surface area (Å²) >= 11 is 3.46. The van der Waals surface area contributed by atoms with Gasteiger partial charge in [-0.1, -0.05) is 41.1 Å². The van der Waals surface area contributed by atoms with E-state index in [2.05, 4.69) is 33.1 Å². The zero-order valence-electron chi connectivity index (χ0n) is 21.8. The Kier molecular flexibility index (Phi) is 8.83. The number of rotatable bonds is 8. The summed E-state index contributed by atoms with van der Waals surface area (Å²) < 4.78 is 42.1. The molecule has 2 heterocycles. The molecule has 3 aromatic rings. The number of carbonyl (C=O) groups excluding carboxylic acids is 1. The third-order valence-corrected chi connectivity index (χ3v) is 7.76. The summed E-state index contributed by atoms with van der Waals surface area (Å²) in [5.41, 5.74) is 0.895. The molecule has 2 aromatic carbocycles. The SMILES string of the molecule is Cc1c(N2CCC[C@@H](C)C2)nc2ccc(Br)cc2c1C(=O)NC[C@@H](CCC(=O)O)c1ccccc1C(F)(F)F. The molecule has 1 aromatic heterocycles. The van der Waals surface area contributed by atoms with E-state index >= 15 is 0 Å². The number of piperidine rings is 1. The van der Waals surface area contributed by atoms with Crippen molar-refractivity contribution in [3.8, 4) is 0 Å². The first-order chi connectivity index (χ1) is 18.5. The van der Waals surface area contributed by atoms with Gasteiger partial charge in [0.25, 0.3) is 5.91 Å². The molecule has 208 valence electrons. The number of halogens is 4. The van der Waals surface area contributed by atoms with E-state index in [0.717, 1.165) is 42.3 Å². The molecule has 0 radical (unpaired) electrons. The lowest BCUT2D eigenvalue weighted by molar-refractivity contribution is -0.138. The third-order valence-electron chi connectivity index (χ3n) is 7.27. The summed E-state index contributed by atoms with van der Waals surface area (Å²) in [6.45, 7) is 5.53. The highest BCUT2D eigenvalue weighted by Crippen LogP contribution is 2.37. The topological polar surface area (TPSA) is 82.5 Å². The van der Waals surface area contributed by atoms with Gasteiger partial charge in [-0.05, 0) is 61.9 Å². The number of benzene rings is 2. The van der Waals surface area contributed by atoms with Crippen LogP contribution in [0.3, 0.4) is 0 Å². The highest BCUT2D eigenvalue weighted by Gasteiger charge is 2.35. The number of amides is 1. The Hall–Kier alpha value is -3.14. The Labute approximate surface area is 233 Å². The molecule has 1 fully saturated rings. The van der Waals surface area contributed by atoms with Crippen molar-refractivity contribution in [1.82, 2.24) is 10.3 Å². The predicted molar refractivity (Wildman–Crippen MR) is 148 cm³/mol. The van der Waals surface area contributed by atoms with E-state index in [-0.39, 0.29) is 24.9 Å². The Bertz CT molecular complexity index is 1380. The molecule has 39 heavy (non-hydrogen) atoms. The number of anilines is 1. The van der Waals surface area contributed by atoms with Gasteiger partial charge in [-0.3, -0.25) is 9.59 Å². The molecule has 0 saturated carbocycles. The largest absolute Gasteiger partial charge is 0.481 e. The fourth-order valence-electron chi connectivity index (χ4n) is 5.38. The van der Waals surface area contributed by atoms with Gasteiger partial charge in [0, 0.05) is 47.4 Å². The van der Waals surface area contributed by atoms with E-state index in [9.17, 15) is 27.9 Å². The van der Waals surface area contributed by atoms with E-state index < -0.39 is 29.5 Å². The van der Waals surface area contributed by atoms with Crippen molar-refractivity contribution in [2.24, 2.45) is 5.92 Å². The summed E-state index contributed by atoms with van der Waals surface area (Å²) in [5, 5.41) is 12.7. The fraction of sp³-hybridized carbons (Fsp3) is 0.414. The predicted octanol–water partition coefficient (Wildman–Crippen LogP) is 6.94. The maximum Gasteiger partial charge on any atom is 0.416 e. The third kappa shape index (κ3) is 6.72. The second kappa shape index (κ2) is 11.9. The van der Waals surface area contributed by atoms with Crippen LogP contribution in [-0.2, 0) is 11.0 Å². The number of carbonyl (C=O) groups is 2. The summed E-state index contributed by atoms with van der Waals surface area (Å²) in [7, 11) is 0. The van der Waals surface area contributed by atoms with Crippen molar-refractivity contribution in [3.05, 3.63) is 69.2 Å². The fourth-order valence-corrected chi connectivity index (χ4v) is 5.74. The van der Waals surface area contributed by atoms with Crippen LogP contribution in [0, 0.1) is 12.8 Å². The molecule has 1 aliphatic rings. The Morgan fingerprint density at radius 3 is 2.67 bits per heavy atom. The first-order valence-corrected chi connectivity index (χ1v) is 13.8. The minimum Gasteiger partial charge on any atom is -0.481 e. The van der Waals surface area contributed by atoms with E-state index in [1.807, 2.05) is 25.1 Å². The zero-order chi connectivity index (χ0) is 28.3. The van der Waals surface area contributed by atoms with Gasteiger partial charge in [0.2, 0.25) is 0 Å². The molecule has 1 aliphatic heterocycles. The van der Waals surface area contributed by atoms with Crippen LogP contribution in [0.4, 0.5) is 19.0 Å². The van der Waals surface area contributed by atoms with Gasteiger partial charge in [-0.25, -0.2) is 4.98 Å². The number of fused-ring (bicyclic) bond motifs is 1. The van der Waals surface area contributed by atoms with Gasteiger partial charge in [-0.15, -0.1) is 0 Å². The van der Waals surface area contributed by atoms with Crippen LogP contribution in [0.1, 0.15) is 65.6 Å². The molecule has 10 heteroatoms. The van der Waals surface area contributed by atoms with Crippen LogP contribution < -0.4 is 10.2 Å². The van der Waals surface area contributed by atoms with Gasteiger partial charge < -0.3 is 15.3 Å². The summed E-state index contributed by atoms with van der Waals surface area (Å²) in [6.07, 6.45) is -2.84. The monoisotopic (exact) mass is 605 g/mol. The maximum atomic E-state index is 13.8. The number of aromatic nitrogens is 1. The van der Waals surface area contributed by atoms with Crippen molar-refractivity contribution in [3.63, 3.8) is 0 Å². The van der Waals surface area contributed by atoms with Crippen LogP contribution >= 0.6 is 15.9 Å². The molecule has 2 N–H and O–H groups in total. The molecule has 0 aliphatic carbocycles. The van der Waals surface area contributed by atoms with Crippen molar-refractivity contribution >= 4 is 44.5 Å². The van der Waals surface area contributed by atoms with Crippen molar-refractivity contribution < 1.29 is 27.9 Å². The number of nitrogens with zero attached hydrogens (tertiary/aromatic N) is 2. The van der Waals surface area contributed by atoms with Gasteiger partial charge in [0.1, 0.15) is 5.82 Å². The van der Waals surface area contributed by atoms with Gasteiger partial charge in [0.05, 0.1) is 16.6 Å². The van der Waals surface area contributed by atoms with Crippen LogP contribution in [0.5, 0.6) is 0 Å².